The third kappa shape index (κ3) is 3.98. The van der Waals surface area contributed by atoms with Crippen molar-refractivity contribution >= 4 is 27.5 Å². The van der Waals surface area contributed by atoms with Gasteiger partial charge in [-0.1, -0.05) is 13.8 Å². The van der Waals surface area contributed by atoms with Crippen molar-refractivity contribution < 1.29 is 17.8 Å². The predicted octanol–water partition coefficient (Wildman–Crippen LogP) is 3.47. The van der Waals surface area contributed by atoms with Crippen LogP contribution in [0.1, 0.15) is 19.6 Å². The zero-order valence-electron chi connectivity index (χ0n) is 16.9. The zero-order chi connectivity index (χ0) is 22.1. The second kappa shape index (κ2) is 8.58. The number of rotatable bonds is 8. The summed E-state index contributed by atoms with van der Waals surface area (Å²) in [6.45, 7) is 5.79. The van der Waals surface area contributed by atoms with E-state index in [1.807, 2.05) is 0 Å². The molecule has 0 aliphatic carbocycles. The first-order valence-corrected chi connectivity index (χ1v) is 11.4. The van der Waals surface area contributed by atoms with Crippen molar-refractivity contribution in [1.82, 2.24) is 19.1 Å². The largest absolute Gasteiger partial charge is 0.469 e. The lowest BCUT2D eigenvalue weighted by Gasteiger charge is -2.18. The van der Waals surface area contributed by atoms with Gasteiger partial charge in [-0.05, 0) is 36.9 Å². The zero-order valence-corrected chi connectivity index (χ0v) is 18.5. The van der Waals surface area contributed by atoms with Gasteiger partial charge < -0.3 is 8.98 Å². The fourth-order valence-electron chi connectivity index (χ4n) is 2.95. The van der Waals surface area contributed by atoms with Gasteiger partial charge in [0, 0.05) is 26.2 Å². The van der Waals surface area contributed by atoms with Crippen LogP contribution >= 0.6 is 11.8 Å². The molecular weight excluding hydrogens is 430 g/mol. The molecule has 0 unspecified atom stereocenters. The Kier molecular flexibility index (Phi) is 6.29. The van der Waals surface area contributed by atoms with E-state index >= 15 is 0 Å². The number of benzene rings is 1. The lowest BCUT2D eigenvalue weighted by atomic mass is 10.2. The summed E-state index contributed by atoms with van der Waals surface area (Å²) in [5.74, 6) is 1.24. The average Bonchev–Trinajstić information content (AvgIpc) is 3.28. The highest BCUT2D eigenvalue weighted by Gasteiger charge is 2.27. The molecule has 10 nitrogen and oxygen atoms in total. The first-order valence-electron chi connectivity index (χ1n) is 9.11. The second-order valence-electron chi connectivity index (χ2n) is 6.33. The Morgan fingerprint density at radius 3 is 2.50 bits per heavy atom. The number of hydrogen-bond donors (Lipinski definition) is 0. The summed E-state index contributed by atoms with van der Waals surface area (Å²) < 4.78 is 33.7. The van der Waals surface area contributed by atoms with Gasteiger partial charge in [-0.15, -0.1) is 10.2 Å². The summed E-state index contributed by atoms with van der Waals surface area (Å²) in [4.78, 5) is 11.2. The number of aromatic nitrogens is 3. The minimum absolute atomic E-state index is 0.116. The van der Waals surface area contributed by atoms with Crippen LogP contribution in [0, 0.1) is 17.0 Å². The van der Waals surface area contributed by atoms with Crippen LogP contribution in [0.15, 0.2) is 49.9 Å². The van der Waals surface area contributed by atoms with Gasteiger partial charge in [0.05, 0.1) is 26.5 Å². The number of furan rings is 1. The number of hydrogen-bond acceptors (Lipinski definition) is 8. The fraction of sp³-hybridized carbons (Fsp3) is 0.333. The van der Waals surface area contributed by atoms with Gasteiger partial charge in [0.25, 0.3) is 5.69 Å². The highest BCUT2D eigenvalue weighted by atomic mass is 32.2. The van der Waals surface area contributed by atoms with E-state index in [2.05, 4.69) is 10.2 Å². The molecule has 0 radical (unpaired) electrons. The maximum atomic E-state index is 12.7. The Morgan fingerprint density at radius 1 is 1.23 bits per heavy atom. The highest BCUT2D eigenvalue weighted by molar-refractivity contribution is 7.99. The Balaban J connectivity index is 1.99. The minimum atomic E-state index is -3.81. The molecule has 0 spiro atoms. The summed E-state index contributed by atoms with van der Waals surface area (Å²) in [5.41, 5.74) is 0.462. The van der Waals surface area contributed by atoms with Crippen LogP contribution in [0.4, 0.5) is 5.69 Å². The molecule has 0 aliphatic rings. The molecule has 0 atom stereocenters. The summed E-state index contributed by atoms with van der Waals surface area (Å²) in [5, 5.41) is 20.3. The molecule has 2 heterocycles. The minimum Gasteiger partial charge on any atom is -0.469 e. The smallest absolute Gasteiger partial charge is 0.284 e. The van der Waals surface area contributed by atoms with Crippen LogP contribution in [0.25, 0.3) is 11.4 Å². The number of aryl methyl sites for hydroxylation is 1. The molecule has 3 rings (SSSR count). The fourth-order valence-corrected chi connectivity index (χ4v) is 5.31. The molecule has 0 saturated carbocycles. The van der Waals surface area contributed by atoms with Gasteiger partial charge in [-0.25, -0.2) is 8.42 Å². The van der Waals surface area contributed by atoms with Gasteiger partial charge in [-0.3, -0.25) is 10.1 Å². The topological polar surface area (TPSA) is 124 Å². The normalized spacial score (nSPS) is 11.9. The maximum Gasteiger partial charge on any atom is 0.284 e. The SMILES string of the molecule is CCN(CC)S(=O)(=O)c1ccc(Sc2nnc(-c3ccoc3C)n2C)c([N+](=O)[O-])c1. The van der Waals surface area contributed by atoms with E-state index in [4.69, 9.17) is 4.42 Å². The molecule has 3 aromatic rings. The average molecular weight is 452 g/mol. The van der Waals surface area contributed by atoms with Crippen molar-refractivity contribution in [3.05, 3.63) is 46.4 Å². The molecule has 1 aromatic carbocycles. The molecule has 0 saturated heterocycles. The monoisotopic (exact) mass is 451 g/mol. The van der Waals surface area contributed by atoms with E-state index in [9.17, 15) is 18.5 Å². The molecule has 2 aromatic heterocycles. The van der Waals surface area contributed by atoms with Crippen LogP contribution in [0.5, 0.6) is 0 Å². The van der Waals surface area contributed by atoms with Crippen LogP contribution < -0.4 is 0 Å². The molecule has 0 bridgehead atoms. The molecule has 0 aliphatic heterocycles. The molecule has 160 valence electrons. The van der Waals surface area contributed by atoms with Gasteiger partial charge in [0.2, 0.25) is 10.0 Å². The molecular formula is C18H21N5O5S2. The van der Waals surface area contributed by atoms with Crippen molar-refractivity contribution in [2.75, 3.05) is 13.1 Å². The third-order valence-electron chi connectivity index (χ3n) is 4.61. The molecule has 0 amide bonds. The lowest BCUT2D eigenvalue weighted by molar-refractivity contribution is -0.388. The standard InChI is InChI=1S/C18H21N5O5S2/c1-5-22(6-2)30(26,27)13-7-8-16(15(11-13)23(24)25)29-18-20-19-17(21(18)4)14-9-10-28-12(14)3/h7-11H,5-6H2,1-4H3. The van der Waals surface area contributed by atoms with Gasteiger partial charge >= 0.3 is 0 Å². The Morgan fingerprint density at radius 2 is 1.93 bits per heavy atom. The van der Waals surface area contributed by atoms with Gasteiger partial charge in [0.15, 0.2) is 11.0 Å². The maximum absolute atomic E-state index is 12.7. The van der Waals surface area contributed by atoms with Crippen molar-refractivity contribution in [1.29, 1.82) is 0 Å². The van der Waals surface area contributed by atoms with Crippen molar-refractivity contribution in [2.45, 2.75) is 35.7 Å². The van der Waals surface area contributed by atoms with E-state index in [-0.39, 0.29) is 28.6 Å². The molecule has 30 heavy (non-hydrogen) atoms. The molecule has 0 fully saturated rings. The Bertz CT molecular complexity index is 1180. The van der Waals surface area contributed by atoms with Crippen LogP contribution in [0.2, 0.25) is 0 Å². The summed E-state index contributed by atoms with van der Waals surface area (Å²) in [7, 11) is -2.06. The van der Waals surface area contributed by atoms with Crippen molar-refractivity contribution in [3.8, 4) is 11.4 Å². The molecule has 12 heteroatoms. The van der Waals surface area contributed by atoms with Gasteiger partial charge in [-0.2, -0.15) is 4.31 Å². The van der Waals surface area contributed by atoms with E-state index in [0.29, 0.717) is 16.7 Å². The first kappa shape index (κ1) is 22.0. The number of sulfonamides is 1. The Labute approximate surface area is 178 Å². The summed E-state index contributed by atoms with van der Waals surface area (Å²) >= 11 is 1.04. The Hall–Kier alpha value is -2.70. The van der Waals surface area contributed by atoms with E-state index < -0.39 is 14.9 Å². The van der Waals surface area contributed by atoms with Crippen molar-refractivity contribution in [2.24, 2.45) is 7.05 Å². The van der Waals surface area contributed by atoms with Crippen molar-refractivity contribution in [3.63, 3.8) is 0 Å². The quantitative estimate of drug-likeness (QED) is 0.377. The predicted molar refractivity (Wildman–Crippen MR) is 111 cm³/mol. The van der Waals surface area contributed by atoms with Gasteiger partial charge in [0.1, 0.15) is 5.76 Å². The molecule has 0 N–H and O–H groups in total. The van der Waals surface area contributed by atoms with Crippen LogP contribution in [-0.2, 0) is 17.1 Å². The third-order valence-corrected chi connectivity index (χ3v) is 7.76. The summed E-state index contributed by atoms with van der Waals surface area (Å²) in [6.07, 6.45) is 1.55. The van der Waals surface area contributed by atoms with Crippen LogP contribution in [0.3, 0.4) is 0 Å². The van der Waals surface area contributed by atoms with E-state index in [1.54, 1.807) is 44.7 Å². The van der Waals surface area contributed by atoms with Crippen LogP contribution in [-0.4, -0.2) is 45.5 Å². The summed E-state index contributed by atoms with van der Waals surface area (Å²) in [6, 6.07) is 5.66. The number of nitro groups is 1. The number of nitro benzene ring substituents is 1. The van der Waals surface area contributed by atoms with E-state index in [0.717, 1.165) is 23.4 Å². The van der Waals surface area contributed by atoms with E-state index in [1.165, 1.54) is 16.4 Å². The first-order chi connectivity index (χ1) is 14.2. The second-order valence-corrected chi connectivity index (χ2v) is 9.28. The number of nitrogens with zero attached hydrogens (tertiary/aromatic N) is 5. The highest BCUT2D eigenvalue weighted by Crippen LogP contribution is 2.37. The lowest BCUT2D eigenvalue weighted by Crippen LogP contribution is -2.30.